The van der Waals surface area contributed by atoms with Gasteiger partial charge < -0.3 is 5.73 Å². The number of nitrogen functional groups attached to an aromatic ring is 1. The van der Waals surface area contributed by atoms with Gasteiger partial charge in [-0.3, -0.25) is 9.82 Å². The first-order valence-corrected chi connectivity index (χ1v) is 7.30. The standard InChI is InChI=1S/C12H16N4O2S/c1-8(2)11-7-12(15-14-11)16-19(17,18)10-5-3-4-9(13)6-10/h3-8H,13H2,1-2H3,(H2,14,15,16). The van der Waals surface area contributed by atoms with Crippen LogP contribution in [0.1, 0.15) is 25.5 Å². The number of rotatable bonds is 4. The van der Waals surface area contributed by atoms with E-state index in [1.165, 1.54) is 12.1 Å². The summed E-state index contributed by atoms with van der Waals surface area (Å²) < 4.78 is 26.6. The Labute approximate surface area is 112 Å². The second kappa shape index (κ2) is 4.93. The van der Waals surface area contributed by atoms with Gasteiger partial charge in [0.05, 0.1) is 4.90 Å². The van der Waals surface area contributed by atoms with E-state index in [-0.39, 0.29) is 16.6 Å². The molecule has 102 valence electrons. The quantitative estimate of drug-likeness (QED) is 0.745. The Kier molecular flexibility index (Phi) is 3.48. The molecule has 0 atom stereocenters. The van der Waals surface area contributed by atoms with Crippen molar-refractivity contribution < 1.29 is 8.42 Å². The number of H-pyrrole nitrogens is 1. The number of aromatic amines is 1. The maximum atomic E-state index is 12.1. The minimum absolute atomic E-state index is 0.113. The highest BCUT2D eigenvalue weighted by atomic mass is 32.2. The molecule has 0 aliphatic rings. The Bertz CT molecular complexity index is 677. The summed E-state index contributed by atoms with van der Waals surface area (Å²) >= 11 is 0. The molecule has 2 aromatic rings. The van der Waals surface area contributed by atoms with Crippen LogP contribution in [0, 0.1) is 0 Å². The zero-order chi connectivity index (χ0) is 14.0. The van der Waals surface area contributed by atoms with Crippen molar-refractivity contribution in [3.63, 3.8) is 0 Å². The largest absolute Gasteiger partial charge is 0.399 e. The maximum absolute atomic E-state index is 12.1. The molecule has 0 saturated carbocycles. The van der Waals surface area contributed by atoms with Crippen molar-refractivity contribution in [2.24, 2.45) is 0 Å². The molecular formula is C12H16N4O2S. The summed E-state index contributed by atoms with van der Waals surface area (Å²) in [7, 11) is -3.66. The third-order valence-electron chi connectivity index (χ3n) is 2.63. The van der Waals surface area contributed by atoms with E-state index in [0.29, 0.717) is 5.69 Å². The number of anilines is 2. The van der Waals surface area contributed by atoms with E-state index in [1.807, 2.05) is 13.8 Å². The number of nitrogens with two attached hydrogens (primary N) is 1. The highest BCUT2D eigenvalue weighted by molar-refractivity contribution is 7.92. The molecule has 6 nitrogen and oxygen atoms in total. The average Bonchev–Trinajstić information content (AvgIpc) is 2.77. The third-order valence-corrected chi connectivity index (χ3v) is 3.98. The molecule has 1 aromatic carbocycles. The summed E-state index contributed by atoms with van der Waals surface area (Å²) in [6.07, 6.45) is 0. The van der Waals surface area contributed by atoms with E-state index >= 15 is 0 Å². The number of benzene rings is 1. The molecule has 7 heteroatoms. The summed E-state index contributed by atoms with van der Waals surface area (Å²) in [4.78, 5) is 0.113. The van der Waals surface area contributed by atoms with Crippen molar-refractivity contribution in [3.8, 4) is 0 Å². The van der Waals surface area contributed by atoms with Crippen molar-refractivity contribution in [3.05, 3.63) is 36.0 Å². The van der Waals surface area contributed by atoms with Crippen molar-refractivity contribution in [2.75, 3.05) is 10.5 Å². The molecular weight excluding hydrogens is 264 g/mol. The Morgan fingerprint density at radius 1 is 1.32 bits per heavy atom. The van der Waals surface area contributed by atoms with E-state index in [2.05, 4.69) is 14.9 Å². The van der Waals surface area contributed by atoms with Gasteiger partial charge in [0.25, 0.3) is 10.0 Å². The molecule has 1 aromatic heterocycles. The van der Waals surface area contributed by atoms with Gasteiger partial charge in [-0.15, -0.1) is 0 Å². The summed E-state index contributed by atoms with van der Waals surface area (Å²) in [5, 5.41) is 6.71. The highest BCUT2D eigenvalue weighted by Crippen LogP contribution is 2.19. The number of nitrogens with one attached hydrogen (secondary N) is 2. The van der Waals surface area contributed by atoms with Crippen LogP contribution in [-0.2, 0) is 10.0 Å². The van der Waals surface area contributed by atoms with Crippen LogP contribution >= 0.6 is 0 Å². The van der Waals surface area contributed by atoms with Crippen molar-refractivity contribution in [1.29, 1.82) is 0 Å². The van der Waals surface area contributed by atoms with Gasteiger partial charge in [-0.1, -0.05) is 19.9 Å². The lowest BCUT2D eigenvalue weighted by atomic mass is 10.1. The lowest BCUT2D eigenvalue weighted by Gasteiger charge is -2.05. The van der Waals surface area contributed by atoms with Crippen LogP contribution < -0.4 is 10.5 Å². The van der Waals surface area contributed by atoms with Crippen LogP contribution in [0.2, 0.25) is 0 Å². The van der Waals surface area contributed by atoms with Gasteiger partial charge in [0.15, 0.2) is 5.82 Å². The predicted molar refractivity (Wildman–Crippen MR) is 74.3 cm³/mol. The van der Waals surface area contributed by atoms with Gasteiger partial charge in [-0.2, -0.15) is 5.10 Å². The number of aromatic nitrogens is 2. The van der Waals surface area contributed by atoms with Gasteiger partial charge in [-0.25, -0.2) is 8.42 Å². The van der Waals surface area contributed by atoms with Gasteiger partial charge in [-0.05, 0) is 24.1 Å². The number of sulfonamides is 1. The second-order valence-corrected chi connectivity index (χ2v) is 6.22. The first kappa shape index (κ1) is 13.4. The molecule has 0 aliphatic heterocycles. The Morgan fingerprint density at radius 2 is 2.05 bits per heavy atom. The second-order valence-electron chi connectivity index (χ2n) is 4.54. The van der Waals surface area contributed by atoms with Gasteiger partial charge in [0.2, 0.25) is 0 Å². The molecule has 0 unspecified atom stereocenters. The van der Waals surface area contributed by atoms with Crippen molar-refractivity contribution >= 4 is 21.5 Å². The van der Waals surface area contributed by atoms with E-state index < -0.39 is 10.0 Å². The number of hydrogen-bond acceptors (Lipinski definition) is 4. The Morgan fingerprint density at radius 3 is 2.63 bits per heavy atom. The van der Waals surface area contributed by atoms with E-state index in [9.17, 15) is 8.42 Å². The van der Waals surface area contributed by atoms with Crippen LogP contribution in [0.15, 0.2) is 35.2 Å². The van der Waals surface area contributed by atoms with Gasteiger partial charge in [0, 0.05) is 17.4 Å². The van der Waals surface area contributed by atoms with E-state index in [1.54, 1.807) is 18.2 Å². The maximum Gasteiger partial charge on any atom is 0.263 e. The minimum atomic E-state index is -3.66. The lowest BCUT2D eigenvalue weighted by molar-refractivity contribution is 0.601. The number of hydrogen-bond donors (Lipinski definition) is 3. The zero-order valence-corrected chi connectivity index (χ0v) is 11.5. The van der Waals surface area contributed by atoms with Crippen molar-refractivity contribution in [2.45, 2.75) is 24.7 Å². The summed E-state index contributed by atoms with van der Waals surface area (Å²) in [6.45, 7) is 3.98. The summed E-state index contributed by atoms with van der Waals surface area (Å²) in [6, 6.07) is 7.78. The molecule has 0 radical (unpaired) electrons. The fraction of sp³-hybridized carbons (Fsp3) is 0.250. The summed E-state index contributed by atoms with van der Waals surface area (Å²) in [5.74, 6) is 0.518. The fourth-order valence-electron chi connectivity index (χ4n) is 1.56. The van der Waals surface area contributed by atoms with Gasteiger partial charge in [0.1, 0.15) is 0 Å². The molecule has 0 saturated heterocycles. The molecule has 2 rings (SSSR count). The Balaban J connectivity index is 2.26. The monoisotopic (exact) mass is 280 g/mol. The number of nitrogens with zero attached hydrogens (tertiary/aromatic N) is 1. The molecule has 4 N–H and O–H groups in total. The smallest absolute Gasteiger partial charge is 0.263 e. The minimum Gasteiger partial charge on any atom is -0.399 e. The zero-order valence-electron chi connectivity index (χ0n) is 10.7. The molecule has 0 aliphatic carbocycles. The third kappa shape index (κ3) is 3.05. The van der Waals surface area contributed by atoms with Crippen molar-refractivity contribution in [1.82, 2.24) is 10.2 Å². The van der Waals surface area contributed by atoms with E-state index in [0.717, 1.165) is 5.69 Å². The normalized spacial score (nSPS) is 11.7. The van der Waals surface area contributed by atoms with Crippen LogP contribution in [-0.4, -0.2) is 18.6 Å². The molecule has 19 heavy (non-hydrogen) atoms. The first-order valence-electron chi connectivity index (χ1n) is 5.82. The first-order chi connectivity index (χ1) is 8.88. The molecule has 0 bridgehead atoms. The molecule has 1 heterocycles. The predicted octanol–water partition coefficient (Wildman–Crippen LogP) is 1.92. The highest BCUT2D eigenvalue weighted by Gasteiger charge is 2.16. The van der Waals surface area contributed by atoms with Crippen LogP contribution in [0.4, 0.5) is 11.5 Å². The molecule has 0 amide bonds. The van der Waals surface area contributed by atoms with E-state index in [4.69, 9.17) is 5.73 Å². The topological polar surface area (TPSA) is 101 Å². The van der Waals surface area contributed by atoms with Crippen LogP contribution in [0.3, 0.4) is 0 Å². The molecule has 0 fully saturated rings. The van der Waals surface area contributed by atoms with Crippen LogP contribution in [0.5, 0.6) is 0 Å². The average molecular weight is 280 g/mol. The van der Waals surface area contributed by atoms with Gasteiger partial charge >= 0.3 is 0 Å². The fourth-order valence-corrected chi connectivity index (χ4v) is 2.61. The SMILES string of the molecule is CC(C)c1cc(NS(=O)(=O)c2cccc(N)c2)n[nH]1. The lowest BCUT2D eigenvalue weighted by Crippen LogP contribution is -2.13. The van der Waals surface area contributed by atoms with Crippen LogP contribution in [0.25, 0.3) is 0 Å². The summed E-state index contributed by atoms with van der Waals surface area (Å²) in [5.41, 5.74) is 6.84. The Hall–Kier alpha value is -2.02. The molecule has 0 spiro atoms.